The van der Waals surface area contributed by atoms with Crippen LogP contribution in [0.5, 0.6) is 0 Å². The molecule has 0 rings (SSSR count). The molecule has 70 valence electrons. The second-order valence-electron chi connectivity index (χ2n) is 2.47. The van der Waals surface area contributed by atoms with E-state index in [0.717, 1.165) is 0 Å². The van der Waals surface area contributed by atoms with Crippen LogP contribution in [0.1, 0.15) is 20.3 Å². The first-order valence-corrected chi connectivity index (χ1v) is 4.19. The van der Waals surface area contributed by atoms with E-state index in [1.807, 2.05) is 0 Å². The lowest BCUT2D eigenvalue weighted by Gasteiger charge is -2.00. The summed E-state index contributed by atoms with van der Waals surface area (Å²) in [7, 11) is 0. The fourth-order valence-corrected chi connectivity index (χ4v) is 0.955. The third-order valence-electron chi connectivity index (χ3n) is 1.61. The quantitative estimate of drug-likeness (QED) is 0.367. The van der Waals surface area contributed by atoms with Crippen LogP contribution in [0.2, 0.25) is 0 Å². The number of rotatable bonds is 5. The van der Waals surface area contributed by atoms with E-state index in [-0.39, 0.29) is 5.78 Å². The highest BCUT2D eigenvalue weighted by Gasteiger charge is 2.07. The number of carbonyl (C=O) groups is 2. The van der Waals surface area contributed by atoms with Crippen molar-refractivity contribution in [3.05, 3.63) is 36.0 Å². The fraction of sp³-hybridized carbons (Fsp3) is 0.273. The molecule has 0 atom stereocenters. The van der Waals surface area contributed by atoms with Crippen molar-refractivity contribution >= 4 is 12.1 Å². The average molecular weight is 178 g/mol. The molecule has 0 aromatic heterocycles. The maximum Gasteiger partial charge on any atom is 0.163 e. The zero-order valence-electron chi connectivity index (χ0n) is 8.04. The van der Waals surface area contributed by atoms with Gasteiger partial charge in [0.2, 0.25) is 0 Å². The Morgan fingerprint density at radius 2 is 2.08 bits per heavy atom. The Bertz CT molecular complexity index is 270. The smallest absolute Gasteiger partial charge is 0.163 e. The van der Waals surface area contributed by atoms with Crippen LogP contribution in [0.15, 0.2) is 36.0 Å². The van der Waals surface area contributed by atoms with Crippen LogP contribution in [-0.2, 0) is 9.59 Å². The molecule has 13 heavy (non-hydrogen) atoms. The van der Waals surface area contributed by atoms with E-state index in [4.69, 9.17) is 0 Å². The number of hydrogen-bond donors (Lipinski definition) is 0. The molecule has 0 radical (unpaired) electrons. The Balaban J connectivity index is 5.16. The van der Waals surface area contributed by atoms with E-state index in [2.05, 4.69) is 6.58 Å². The van der Waals surface area contributed by atoms with Gasteiger partial charge in [0.25, 0.3) is 0 Å². The number of Topliss-reactive ketones (excluding diaryl/α,β-unsaturated/α-hetero) is 1. The van der Waals surface area contributed by atoms with Gasteiger partial charge in [0.05, 0.1) is 0 Å². The predicted molar refractivity (Wildman–Crippen MR) is 53.4 cm³/mol. The van der Waals surface area contributed by atoms with Crippen molar-refractivity contribution in [2.45, 2.75) is 20.3 Å². The molecule has 0 aromatic rings. The maximum absolute atomic E-state index is 11.3. The van der Waals surface area contributed by atoms with E-state index in [9.17, 15) is 9.59 Å². The van der Waals surface area contributed by atoms with Gasteiger partial charge in [0, 0.05) is 17.6 Å². The minimum absolute atomic E-state index is 0.0600. The van der Waals surface area contributed by atoms with Crippen molar-refractivity contribution in [2.24, 2.45) is 0 Å². The topological polar surface area (TPSA) is 34.1 Å². The highest BCUT2D eigenvalue weighted by molar-refractivity contribution is 6.03. The van der Waals surface area contributed by atoms with Crippen LogP contribution in [0.25, 0.3) is 0 Å². The standard InChI is InChI=1S/C11H14O2/c1-4-7-9(8-12)10(5-2)11(13)6-3/h4-5,7-8H,2,6H2,1,3H3/b7-4-,10-9-. The van der Waals surface area contributed by atoms with E-state index in [1.165, 1.54) is 6.08 Å². The van der Waals surface area contributed by atoms with Gasteiger partial charge in [-0.1, -0.05) is 31.7 Å². The minimum atomic E-state index is -0.0600. The molecular weight excluding hydrogens is 164 g/mol. The van der Waals surface area contributed by atoms with Gasteiger partial charge in [-0.25, -0.2) is 0 Å². The third-order valence-corrected chi connectivity index (χ3v) is 1.61. The molecule has 0 aliphatic carbocycles. The third kappa shape index (κ3) is 3.20. The van der Waals surface area contributed by atoms with Gasteiger partial charge >= 0.3 is 0 Å². The lowest BCUT2D eigenvalue weighted by molar-refractivity contribution is -0.115. The summed E-state index contributed by atoms with van der Waals surface area (Å²) < 4.78 is 0. The van der Waals surface area contributed by atoms with E-state index in [0.29, 0.717) is 23.9 Å². The Morgan fingerprint density at radius 3 is 2.38 bits per heavy atom. The molecule has 0 fully saturated rings. The Morgan fingerprint density at radius 1 is 1.46 bits per heavy atom. The first kappa shape index (κ1) is 11.6. The van der Waals surface area contributed by atoms with Crippen LogP contribution >= 0.6 is 0 Å². The summed E-state index contributed by atoms with van der Waals surface area (Å²) in [5, 5.41) is 0. The van der Waals surface area contributed by atoms with Gasteiger partial charge in [-0.3, -0.25) is 9.59 Å². The second kappa shape index (κ2) is 6.12. The lowest BCUT2D eigenvalue weighted by atomic mass is 10.0. The molecule has 0 aliphatic heterocycles. The van der Waals surface area contributed by atoms with E-state index < -0.39 is 0 Å². The molecule has 0 unspecified atom stereocenters. The Labute approximate surface area is 78.6 Å². The van der Waals surface area contributed by atoms with Gasteiger partial charge in [0.1, 0.15) is 0 Å². The van der Waals surface area contributed by atoms with Crippen molar-refractivity contribution in [3.63, 3.8) is 0 Å². The summed E-state index contributed by atoms with van der Waals surface area (Å²) in [5.41, 5.74) is 0.792. The maximum atomic E-state index is 11.3. The molecule has 0 N–H and O–H groups in total. The van der Waals surface area contributed by atoms with Crippen molar-refractivity contribution in [2.75, 3.05) is 0 Å². The fourth-order valence-electron chi connectivity index (χ4n) is 0.955. The van der Waals surface area contributed by atoms with Crippen LogP contribution in [0, 0.1) is 0 Å². The van der Waals surface area contributed by atoms with Gasteiger partial charge in [-0.05, 0) is 6.92 Å². The van der Waals surface area contributed by atoms with Gasteiger partial charge in [-0.2, -0.15) is 0 Å². The van der Waals surface area contributed by atoms with Crippen LogP contribution in [0.4, 0.5) is 0 Å². The number of carbonyl (C=O) groups excluding carboxylic acids is 2. The Hall–Kier alpha value is -1.44. The second-order valence-corrected chi connectivity index (χ2v) is 2.47. The summed E-state index contributed by atoms with van der Waals surface area (Å²) >= 11 is 0. The van der Waals surface area contributed by atoms with Crippen molar-refractivity contribution in [1.29, 1.82) is 0 Å². The van der Waals surface area contributed by atoms with Crippen molar-refractivity contribution in [3.8, 4) is 0 Å². The summed E-state index contributed by atoms with van der Waals surface area (Å²) in [6, 6.07) is 0. The minimum Gasteiger partial charge on any atom is -0.298 e. The summed E-state index contributed by atoms with van der Waals surface area (Å²) in [5.74, 6) is -0.0600. The molecule has 0 bridgehead atoms. The van der Waals surface area contributed by atoms with Crippen LogP contribution in [0.3, 0.4) is 0 Å². The molecular formula is C11H14O2. The molecule has 0 aliphatic rings. The summed E-state index contributed by atoms with van der Waals surface area (Å²) in [6.45, 7) is 7.06. The summed E-state index contributed by atoms with van der Waals surface area (Å²) in [6.07, 6.45) is 5.81. The van der Waals surface area contributed by atoms with E-state index >= 15 is 0 Å². The van der Waals surface area contributed by atoms with Crippen molar-refractivity contribution < 1.29 is 9.59 Å². The monoisotopic (exact) mass is 178 g/mol. The molecule has 0 spiro atoms. The average Bonchev–Trinajstić information content (AvgIpc) is 2.17. The predicted octanol–water partition coefficient (Wildman–Crippen LogP) is 2.22. The normalized spacial score (nSPS) is 12.5. The van der Waals surface area contributed by atoms with Gasteiger partial charge in [0.15, 0.2) is 12.1 Å². The number of aldehydes is 1. The number of allylic oxidation sites excluding steroid dienone is 5. The molecule has 0 heterocycles. The molecule has 2 nitrogen and oxygen atoms in total. The highest BCUT2D eigenvalue weighted by Crippen LogP contribution is 2.08. The highest BCUT2D eigenvalue weighted by atomic mass is 16.1. The largest absolute Gasteiger partial charge is 0.298 e. The summed E-state index contributed by atoms with van der Waals surface area (Å²) in [4.78, 5) is 21.9. The molecule has 2 heteroatoms. The number of hydrogen-bond acceptors (Lipinski definition) is 2. The first-order valence-electron chi connectivity index (χ1n) is 4.19. The SMILES string of the molecule is C=C/C(C(=O)CC)=C(C=O)\C=C/C. The van der Waals surface area contributed by atoms with Crippen LogP contribution in [-0.4, -0.2) is 12.1 Å². The zero-order valence-corrected chi connectivity index (χ0v) is 8.04. The first-order chi connectivity index (χ1) is 6.21. The van der Waals surface area contributed by atoms with E-state index in [1.54, 1.807) is 26.0 Å². The molecule has 0 saturated carbocycles. The number of ketones is 1. The Kier molecular flexibility index (Phi) is 5.44. The van der Waals surface area contributed by atoms with Gasteiger partial charge < -0.3 is 0 Å². The van der Waals surface area contributed by atoms with Crippen LogP contribution < -0.4 is 0 Å². The molecule has 0 amide bonds. The molecule has 0 saturated heterocycles. The lowest BCUT2D eigenvalue weighted by Crippen LogP contribution is -2.02. The molecule has 0 aromatic carbocycles. The van der Waals surface area contributed by atoms with Gasteiger partial charge in [-0.15, -0.1) is 0 Å². The van der Waals surface area contributed by atoms with Crippen molar-refractivity contribution in [1.82, 2.24) is 0 Å². The zero-order chi connectivity index (χ0) is 10.3.